The number of hydrogen-bond donors (Lipinski definition) is 1. The fourth-order valence-electron chi connectivity index (χ4n) is 6.18. The zero-order chi connectivity index (χ0) is 24.6. The van der Waals surface area contributed by atoms with Crippen LogP contribution in [-0.2, 0) is 4.79 Å². The molecule has 1 amide bonds. The van der Waals surface area contributed by atoms with Crippen LogP contribution in [0.25, 0.3) is 22.0 Å². The number of rotatable bonds is 3. The van der Waals surface area contributed by atoms with E-state index in [1.54, 1.807) is 12.1 Å². The number of aryl methyl sites for hydroxylation is 1. The minimum absolute atomic E-state index is 0.0457. The Morgan fingerprint density at radius 1 is 1.08 bits per heavy atom. The van der Waals surface area contributed by atoms with E-state index in [4.69, 9.17) is 9.97 Å². The maximum atomic E-state index is 14.3. The van der Waals surface area contributed by atoms with Crippen molar-refractivity contribution in [1.29, 1.82) is 0 Å². The van der Waals surface area contributed by atoms with E-state index in [-0.39, 0.29) is 23.7 Å². The van der Waals surface area contributed by atoms with Gasteiger partial charge in [-0.15, -0.1) is 11.3 Å². The van der Waals surface area contributed by atoms with Gasteiger partial charge < -0.3 is 9.88 Å². The van der Waals surface area contributed by atoms with Crippen molar-refractivity contribution in [3.63, 3.8) is 0 Å². The van der Waals surface area contributed by atoms with Crippen molar-refractivity contribution >= 4 is 33.1 Å². The van der Waals surface area contributed by atoms with E-state index >= 15 is 0 Å². The minimum atomic E-state index is -0.661. The summed E-state index contributed by atoms with van der Waals surface area (Å²) in [7, 11) is 0. The first-order valence-corrected chi connectivity index (χ1v) is 12.9. The van der Waals surface area contributed by atoms with Gasteiger partial charge in [-0.05, 0) is 48.9 Å². The first-order valence-electron chi connectivity index (χ1n) is 12.0. The summed E-state index contributed by atoms with van der Waals surface area (Å²) >= 11 is 1.39. The normalized spacial score (nSPS) is 21.9. The third kappa shape index (κ3) is 2.89. The monoisotopic (exact) mass is 494 g/mol. The van der Waals surface area contributed by atoms with Crippen LogP contribution in [0.15, 0.2) is 72.2 Å². The number of benzene rings is 3. The Balaban J connectivity index is 1.24. The van der Waals surface area contributed by atoms with Gasteiger partial charge in [0.05, 0.1) is 17.2 Å². The van der Waals surface area contributed by atoms with Gasteiger partial charge >= 0.3 is 0 Å². The number of aromatic nitrogens is 3. The van der Waals surface area contributed by atoms with Crippen LogP contribution in [-0.4, -0.2) is 20.4 Å². The van der Waals surface area contributed by atoms with Crippen LogP contribution in [0.1, 0.15) is 47.9 Å². The zero-order valence-electron chi connectivity index (χ0n) is 19.8. The number of fused-ring (bicyclic) bond motifs is 2. The Morgan fingerprint density at radius 2 is 1.83 bits per heavy atom. The Kier molecular flexibility index (Phi) is 4.51. The third-order valence-electron chi connectivity index (χ3n) is 7.87. The summed E-state index contributed by atoms with van der Waals surface area (Å²) in [5, 5.41) is 6.94. The largest absolute Gasteiger partial charge is 0.323 e. The highest BCUT2D eigenvalue weighted by molar-refractivity contribution is 7.14. The van der Waals surface area contributed by atoms with Gasteiger partial charge in [-0.2, -0.15) is 0 Å². The Morgan fingerprint density at radius 3 is 2.67 bits per heavy atom. The highest BCUT2D eigenvalue weighted by Crippen LogP contribution is 2.58. The second-order valence-electron chi connectivity index (χ2n) is 9.97. The summed E-state index contributed by atoms with van der Waals surface area (Å²) in [6, 6.07) is 18.9. The standard InChI is InChI=1S/C29H23FN4OS/c1-16-14-31-26-22-13-29(2,25(34(16)26)21-10-6-4-8-18(21)22)27(35)33-28-32-24(15-36-28)20-11-12-23(30)19-9-5-3-7-17(19)20/h3-12,14-15,22,25H,13H2,1-2H3,(H,32,33,35). The van der Waals surface area contributed by atoms with E-state index in [9.17, 15) is 9.18 Å². The topological polar surface area (TPSA) is 59.8 Å². The van der Waals surface area contributed by atoms with Crippen molar-refractivity contribution in [2.75, 3.05) is 5.32 Å². The number of halogens is 1. The van der Waals surface area contributed by atoms with Gasteiger partial charge in [0.2, 0.25) is 5.91 Å². The summed E-state index contributed by atoms with van der Waals surface area (Å²) in [4.78, 5) is 23.3. The lowest BCUT2D eigenvalue weighted by Gasteiger charge is -2.50. The number of hydrogen-bond acceptors (Lipinski definition) is 4. The summed E-state index contributed by atoms with van der Waals surface area (Å²) in [5.74, 6) is 0.817. The van der Waals surface area contributed by atoms with Gasteiger partial charge in [-0.3, -0.25) is 4.79 Å². The molecule has 1 aliphatic carbocycles. The van der Waals surface area contributed by atoms with Crippen molar-refractivity contribution in [2.45, 2.75) is 32.2 Å². The van der Waals surface area contributed by atoms with Gasteiger partial charge in [0.1, 0.15) is 11.6 Å². The van der Waals surface area contributed by atoms with E-state index in [0.717, 1.165) is 28.2 Å². The summed E-state index contributed by atoms with van der Waals surface area (Å²) < 4.78 is 16.6. The molecule has 8 rings (SSSR count). The molecule has 0 saturated heterocycles. The molecule has 2 aromatic heterocycles. The maximum absolute atomic E-state index is 14.3. The lowest BCUT2D eigenvalue weighted by molar-refractivity contribution is -0.128. The molecule has 1 N–H and O–H groups in total. The molecule has 2 bridgehead atoms. The Labute approximate surface area is 211 Å². The molecule has 3 aromatic carbocycles. The van der Waals surface area contributed by atoms with Crippen LogP contribution in [0, 0.1) is 18.2 Å². The fraction of sp³-hybridized carbons (Fsp3) is 0.207. The predicted octanol–water partition coefficient (Wildman–Crippen LogP) is 6.69. The molecule has 0 spiro atoms. The number of nitrogens with zero attached hydrogens (tertiary/aromatic N) is 3. The van der Waals surface area contributed by atoms with E-state index in [1.165, 1.54) is 28.5 Å². The lowest BCUT2D eigenvalue weighted by Crippen LogP contribution is -2.50. The Hall–Kier alpha value is -3.84. The maximum Gasteiger partial charge on any atom is 0.234 e. The second kappa shape index (κ2) is 7.58. The van der Waals surface area contributed by atoms with E-state index in [2.05, 4.69) is 41.9 Å². The smallest absolute Gasteiger partial charge is 0.234 e. The van der Waals surface area contributed by atoms with Crippen LogP contribution in [0.5, 0.6) is 0 Å². The predicted molar refractivity (Wildman–Crippen MR) is 140 cm³/mol. The molecule has 3 atom stereocenters. The summed E-state index contributed by atoms with van der Waals surface area (Å²) in [5.41, 5.74) is 4.43. The number of anilines is 1. The molecule has 5 aromatic rings. The molecular formula is C29H23FN4OS. The summed E-state index contributed by atoms with van der Waals surface area (Å²) in [6.45, 7) is 4.11. The molecule has 5 nitrogen and oxygen atoms in total. The zero-order valence-corrected chi connectivity index (χ0v) is 20.6. The SMILES string of the molecule is Cc1cnc2n1C1c3ccccc3C2CC1(C)C(=O)Nc1nc(-c2ccc(F)c3ccccc23)cs1. The first kappa shape index (κ1) is 21.4. The van der Waals surface area contributed by atoms with Crippen molar-refractivity contribution in [1.82, 2.24) is 14.5 Å². The molecule has 3 aliphatic rings. The number of amides is 1. The van der Waals surface area contributed by atoms with Crippen molar-refractivity contribution in [3.8, 4) is 11.3 Å². The second-order valence-corrected chi connectivity index (χ2v) is 10.8. The van der Waals surface area contributed by atoms with Crippen LogP contribution in [0.3, 0.4) is 0 Å². The van der Waals surface area contributed by atoms with Crippen molar-refractivity contribution in [3.05, 3.63) is 101 Å². The number of carbonyl (C=O) groups excluding carboxylic acids is 1. The van der Waals surface area contributed by atoms with Gasteiger partial charge in [0.25, 0.3) is 0 Å². The molecule has 0 radical (unpaired) electrons. The van der Waals surface area contributed by atoms with Crippen LogP contribution in [0.2, 0.25) is 0 Å². The molecule has 36 heavy (non-hydrogen) atoms. The molecule has 3 unspecified atom stereocenters. The molecule has 0 saturated carbocycles. The van der Waals surface area contributed by atoms with Crippen molar-refractivity contribution < 1.29 is 9.18 Å². The van der Waals surface area contributed by atoms with Crippen LogP contribution < -0.4 is 5.32 Å². The average Bonchev–Trinajstić information content (AvgIpc) is 3.52. The molecule has 4 heterocycles. The summed E-state index contributed by atoms with van der Waals surface area (Å²) in [6.07, 6.45) is 2.60. The highest BCUT2D eigenvalue weighted by Gasteiger charge is 2.55. The number of imidazole rings is 1. The molecular weight excluding hydrogens is 471 g/mol. The lowest BCUT2D eigenvalue weighted by atomic mass is 9.61. The number of thiazole rings is 1. The van der Waals surface area contributed by atoms with Gasteiger partial charge in [0, 0.05) is 34.1 Å². The van der Waals surface area contributed by atoms with Crippen molar-refractivity contribution in [2.24, 2.45) is 5.41 Å². The number of nitrogens with one attached hydrogen (secondary N) is 1. The first-order chi connectivity index (χ1) is 17.5. The average molecular weight is 495 g/mol. The fourth-order valence-corrected chi connectivity index (χ4v) is 6.88. The highest BCUT2D eigenvalue weighted by atomic mass is 32.1. The Bertz CT molecular complexity index is 1690. The van der Waals surface area contributed by atoms with E-state index in [0.29, 0.717) is 16.9 Å². The van der Waals surface area contributed by atoms with Gasteiger partial charge in [-0.1, -0.05) is 48.5 Å². The molecule has 178 valence electrons. The van der Waals surface area contributed by atoms with Gasteiger partial charge in [-0.25, -0.2) is 14.4 Å². The van der Waals surface area contributed by atoms with E-state index < -0.39 is 5.41 Å². The number of carbonyl (C=O) groups is 1. The van der Waals surface area contributed by atoms with Crippen LogP contribution in [0.4, 0.5) is 9.52 Å². The van der Waals surface area contributed by atoms with Crippen LogP contribution >= 0.6 is 11.3 Å². The molecule has 2 aliphatic heterocycles. The molecule has 7 heteroatoms. The van der Waals surface area contributed by atoms with Gasteiger partial charge in [0.15, 0.2) is 5.13 Å². The minimum Gasteiger partial charge on any atom is -0.323 e. The quantitative estimate of drug-likeness (QED) is 0.304. The molecule has 0 fully saturated rings. The third-order valence-corrected chi connectivity index (χ3v) is 8.63. The van der Waals surface area contributed by atoms with E-state index in [1.807, 2.05) is 35.8 Å².